The van der Waals surface area contributed by atoms with Crippen molar-refractivity contribution in [3.8, 4) is 5.88 Å². The zero-order valence-corrected chi connectivity index (χ0v) is 5.97. The van der Waals surface area contributed by atoms with E-state index >= 15 is 0 Å². The van der Waals surface area contributed by atoms with Gasteiger partial charge in [-0.05, 0) is 6.07 Å². The fourth-order valence-electron chi connectivity index (χ4n) is 0.671. The summed E-state index contributed by atoms with van der Waals surface area (Å²) in [5.74, 6) is -0.715. The first-order valence-corrected chi connectivity index (χ1v) is 2.90. The van der Waals surface area contributed by atoms with E-state index in [9.17, 15) is 4.39 Å². The van der Waals surface area contributed by atoms with E-state index in [0.717, 1.165) is 0 Å². The van der Waals surface area contributed by atoms with Crippen LogP contribution in [0.5, 0.6) is 5.88 Å². The molecular weight excluding hydrogens is 149 g/mol. The Kier molecular flexibility index (Phi) is 1.80. The Balaban J connectivity index is 3.21. The smallest absolute Gasteiger partial charge is 0.239 e. The largest absolute Gasteiger partial charge is 0.479 e. The zero-order chi connectivity index (χ0) is 8.43. The lowest BCUT2D eigenvalue weighted by Gasteiger charge is -2.03. The minimum absolute atomic E-state index is 0.0525. The number of pyridine rings is 1. The van der Waals surface area contributed by atoms with Gasteiger partial charge in [-0.3, -0.25) is 0 Å². The van der Waals surface area contributed by atoms with Crippen LogP contribution in [-0.4, -0.2) is 12.1 Å². The standard InChI is InChI=1S/C6H8FN3O/c1-11-6-4(9)2-3(8)5(7)10-6/h2H,8-9H2,1H3. The van der Waals surface area contributed by atoms with Crippen LogP contribution in [0.1, 0.15) is 0 Å². The molecule has 0 spiro atoms. The van der Waals surface area contributed by atoms with E-state index in [1.807, 2.05) is 0 Å². The van der Waals surface area contributed by atoms with Gasteiger partial charge in [-0.2, -0.15) is 9.37 Å². The number of ether oxygens (including phenoxy) is 1. The molecule has 4 nitrogen and oxygen atoms in total. The lowest BCUT2D eigenvalue weighted by atomic mass is 10.4. The fourth-order valence-corrected chi connectivity index (χ4v) is 0.671. The Morgan fingerprint density at radius 2 is 2.09 bits per heavy atom. The van der Waals surface area contributed by atoms with Gasteiger partial charge in [-0.1, -0.05) is 0 Å². The van der Waals surface area contributed by atoms with E-state index in [1.165, 1.54) is 13.2 Å². The fraction of sp³-hybridized carbons (Fsp3) is 0.167. The topological polar surface area (TPSA) is 74.2 Å². The second-order valence-corrected chi connectivity index (χ2v) is 1.97. The Hall–Kier alpha value is -1.52. The van der Waals surface area contributed by atoms with Gasteiger partial charge in [0.25, 0.3) is 0 Å². The maximum atomic E-state index is 12.6. The van der Waals surface area contributed by atoms with Crippen LogP contribution in [0.15, 0.2) is 6.07 Å². The van der Waals surface area contributed by atoms with Gasteiger partial charge in [0, 0.05) is 0 Å². The van der Waals surface area contributed by atoms with E-state index in [4.69, 9.17) is 11.5 Å². The number of rotatable bonds is 1. The molecule has 1 heterocycles. The molecule has 1 rings (SSSR count). The van der Waals surface area contributed by atoms with Gasteiger partial charge in [-0.25, -0.2) is 0 Å². The molecule has 0 saturated carbocycles. The maximum absolute atomic E-state index is 12.6. The Labute approximate surface area is 63.0 Å². The molecule has 0 fully saturated rings. The van der Waals surface area contributed by atoms with E-state index in [2.05, 4.69) is 9.72 Å². The third-order valence-electron chi connectivity index (χ3n) is 1.19. The Morgan fingerprint density at radius 3 is 2.64 bits per heavy atom. The van der Waals surface area contributed by atoms with Crippen LogP contribution in [0.2, 0.25) is 0 Å². The lowest BCUT2D eigenvalue weighted by Crippen LogP contribution is -2.01. The molecular formula is C6H8FN3O. The summed E-state index contributed by atoms with van der Waals surface area (Å²) in [4.78, 5) is 3.35. The van der Waals surface area contributed by atoms with Gasteiger partial charge >= 0.3 is 0 Å². The van der Waals surface area contributed by atoms with Crippen LogP contribution >= 0.6 is 0 Å². The second kappa shape index (κ2) is 2.61. The quantitative estimate of drug-likeness (QED) is 0.578. The molecule has 0 aliphatic rings. The van der Waals surface area contributed by atoms with Crippen LogP contribution in [0.3, 0.4) is 0 Å². The SMILES string of the molecule is COc1nc(F)c(N)cc1N. The molecule has 1 aromatic rings. The summed E-state index contributed by atoms with van der Waals surface area (Å²) in [5, 5.41) is 0. The van der Waals surface area contributed by atoms with Crippen LogP contribution in [0.4, 0.5) is 15.8 Å². The minimum Gasteiger partial charge on any atom is -0.479 e. The molecule has 0 aliphatic carbocycles. The number of hydrogen-bond acceptors (Lipinski definition) is 4. The summed E-state index contributed by atoms with van der Waals surface area (Å²) >= 11 is 0. The molecule has 0 saturated heterocycles. The number of aromatic nitrogens is 1. The molecule has 11 heavy (non-hydrogen) atoms. The third kappa shape index (κ3) is 1.31. The molecule has 0 radical (unpaired) electrons. The molecule has 0 atom stereocenters. The number of hydrogen-bond donors (Lipinski definition) is 2. The lowest BCUT2D eigenvalue weighted by molar-refractivity contribution is 0.390. The minimum atomic E-state index is -0.768. The first-order chi connectivity index (χ1) is 5.15. The highest BCUT2D eigenvalue weighted by atomic mass is 19.1. The summed E-state index contributed by atoms with van der Waals surface area (Å²) in [6.45, 7) is 0. The van der Waals surface area contributed by atoms with E-state index in [-0.39, 0.29) is 17.3 Å². The molecule has 0 bridgehead atoms. The number of halogens is 1. The molecule has 0 unspecified atom stereocenters. The van der Waals surface area contributed by atoms with Crippen LogP contribution in [-0.2, 0) is 0 Å². The summed E-state index contributed by atoms with van der Waals surface area (Å²) in [6.07, 6.45) is 0. The van der Waals surface area contributed by atoms with Gasteiger partial charge in [0.05, 0.1) is 18.5 Å². The normalized spacial score (nSPS) is 9.64. The van der Waals surface area contributed by atoms with Crippen LogP contribution in [0, 0.1) is 5.95 Å². The summed E-state index contributed by atoms with van der Waals surface area (Å²) in [5.41, 5.74) is 10.7. The number of nitrogens with zero attached hydrogens (tertiary/aromatic N) is 1. The highest BCUT2D eigenvalue weighted by molar-refractivity contribution is 5.56. The van der Waals surface area contributed by atoms with Gasteiger partial charge in [-0.15, -0.1) is 0 Å². The Bertz CT molecular complexity index is 277. The van der Waals surface area contributed by atoms with Gasteiger partial charge in [0.1, 0.15) is 0 Å². The second-order valence-electron chi connectivity index (χ2n) is 1.97. The summed E-state index contributed by atoms with van der Waals surface area (Å²) < 4.78 is 17.2. The van der Waals surface area contributed by atoms with Crippen molar-refractivity contribution >= 4 is 11.4 Å². The number of methoxy groups -OCH3 is 1. The zero-order valence-electron chi connectivity index (χ0n) is 5.97. The van der Waals surface area contributed by atoms with Crippen LogP contribution < -0.4 is 16.2 Å². The molecule has 0 aliphatic heterocycles. The number of nitrogens with two attached hydrogens (primary N) is 2. The maximum Gasteiger partial charge on any atom is 0.239 e. The summed E-state index contributed by atoms with van der Waals surface area (Å²) in [6, 6.07) is 1.27. The van der Waals surface area contributed by atoms with Crippen molar-refractivity contribution in [2.45, 2.75) is 0 Å². The highest BCUT2D eigenvalue weighted by Gasteiger charge is 2.06. The first-order valence-electron chi connectivity index (χ1n) is 2.90. The number of anilines is 2. The molecule has 0 aromatic carbocycles. The molecule has 60 valence electrons. The molecule has 0 amide bonds. The van der Waals surface area contributed by atoms with Crippen molar-refractivity contribution in [3.05, 3.63) is 12.0 Å². The van der Waals surface area contributed by atoms with Crippen molar-refractivity contribution in [2.24, 2.45) is 0 Å². The first kappa shape index (κ1) is 7.59. The monoisotopic (exact) mass is 157 g/mol. The molecule has 1 aromatic heterocycles. The predicted octanol–water partition coefficient (Wildman–Crippen LogP) is 0.394. The average molecular weight is 157 g/mol. The van der Waals surface area contributed by atoms with Crippen LogP contribution in [0.25, 0.3) is 0 Å². The highest BCUT2D eigenvalue weighted by Crippen LogP contribution is 2.21. The van der Waals surface area contributed by atoms with Gasteiger partial charge in [0.15, 0.2) is 0 Å². The van der Waals surface area contributed by atoms with Crippen molar-refractivity contribution in [1.82, 2.24) is 4.98 Å². The third-order valence-corrected chi connectivity index (χ3v) is 1.19. The van der Waals surface area contributed by atoms with E-state index < -0.39 is 5.95 Å². The van der Waals surface area contributed by atoms with E-state index in [0.29, 0.717) is 0 Å². The summed E-state index contributed by atoms with van der Waals surface area (Å²) in [7, 11) is 1.36. The van der Waals surface area contributed by atoms with Crippen molar-refractivity contribution in [2.75, 3.05) is 18.6 Å². The Morgan fingerprint density at radius 1 is 1.45 bits per heavy atom. The molecule has 4 N–H and O–H groups in total. The number of nitrogen functional groups attached to an aromatic ring is 2. The average Bonchev–Trinajstić information content (AvgIpc) is 1.97. The van der Waals surface area contributed by atoms with Crippen molar-refractivity contribution in [3.63, 3.8) is 0 Å². The van der Waals surface area contributed by atoms with Crippen molar-refractivity contribution < 1.29 is 9.13 Å². The van der Waals surface area contributed by atoms with Gasteiger partial charge < -0.3 is 16.2 Å². The van der Waals surface area contributed by atoms with Crippen molar-refractivity contribution in [1.29, 1.82) is 0 Å². The predicted molar refractivity (Wildman–Crippen MR) is 39.6 cm³/mol. The molecule has 5 heteroatoms. The van der Waals surface area contributed by atoms with Gasteiger partial charge in [0.2, 0.25) is 11.8 Å². The van der Waals surface area contributed by atoms with E-state index in [1.54, 1.807) is 0 Å².